The Morgan fingerprint density at radius 3 is 2.40 bits per heavy atom. The third-order valence-electron chi connectivity index (χ3n) is 3.31. The fourth-order valence-electron chi connectivity index (χ4n) is 2.35. The number of pyridine rings is 1. The van der Waals surface area contributed by atoms with Crippen LogP contribution in [0.15, 0.2) is 18.3 Å². The van der Waals surface area contributed by atoms with Gasteiger partial charge in [-0.2, -0.15) is 0 Å². The van der Waals surface area contributed by atoms with Crippen molar-refractivity contribution in [2.45, 2.75) is 52.7 Å². The van der Waals surface area contributed by atoms with E-state index in [2.05, 4.69) is 48.1 Å². The molecule has 0 spiro atoms. The van der Waals surface area contributed by atoms with E-state index in [1.54, 1.807) is 0 Å². The van der Waals surface area contributed by atoms with Crippen LogP contribution < -0.4 is 10.2 Å². The summed E-state index contributed by atoms with van der Waals surface area (Å²) in [5.41, 5.74) is 1.44. The maximum Gasteiger partial charge on any atom is 0.0765 e. The van der Waals surface area contributed by atoms with Crippen molar-refractivity contribution < 1.29 is 5.11 Å². The summed E-state index contributed by atoms with van der Waals surface area (Å²) in [6.45, 7) is 12.4. The van der Waals surface area contributed by atoms with Crippen LogP contribution in [-0.4, -0.2) is 35.3 Å². The second kappa shape index (κ2) is 7.60. The maximum atomic E-state index is 9.96. The molecule has 2 N–H and O–H groups in total. The highest BCUT2D eigenvalue weighted by Gasteiger charge is 2.18. The first-order valence-electron chi connectivity index (χ1n) is 7.57. The lowest BCUT2D eigenvalue weighted by Crippen LogP contribution is -2.38. The van der Waals surface area contributed by atoms with Gasteiger partial charge >= 0.3 is 0 Å². The molecule has 1 unspecified atom stereocenters. The molecule has 20 heavy (non-hydrogen) atoms. The number of likely N-dealkylation sites (N-methyl/N-ethyl adjacent to an activating group) is 1. The van der Waals surface area contributed by atoms with E-state index in [-0.39, 0.29) is 0 Å². The van der Waals surface area contributed by atoms with Gasteiger partial charge in [-0.25, -0.2) is 0 Å². The molecule has 0 aliphatic heterocycles. The van der Waals surface area contributed by atoms with Gasteiger partial charge < -0.3 is 15.3 Å². The average molecular weight is 279 g/mol. The average Bonchev–Trinajstić information content (AvgIpc) is 2.41. The fraction of sp³-hybridized carbons (Fsp3) is 0.688. The summed E-state index contributed by atoms with van der Waals surface area (Å²) >= 11 is 0. The first kappa shape index (κ1) is 16.9. The van der Waals surface area contributed by atoms with E-state index < -0.39 is 5.60 Å². The Bertz CT molecular complexity index is 384. The summed E-state index contributed by atoms with van der Waals surface area (Å²) in [5.74, 6) is 0. The Morgan fingerprint density at radius 1 is 1.30 bits per heavy atom. The molecule has 0 amide bonds. The number of hydrogen-bond acceptors (Lipinski definition) is 4. The van der Waals surface area contributed by atoms with E-state index in [1.165, 1.54) is 0 Å². The number of nitrogens with zero attached hydrogens (tertiary/aromatic N) is 2. The van der Waals surface area contributed by atoms with Gasteiger partial charge in [-0.15, -0.1) is 0 Å². The molecule has 0 fully saturated rings. The number of aliphatic hydroxyl groups is 1. The fourth-order valence-corrected chi connectivity index (χ4v) is 2.35. The molecule has 1 rings (SSSR count). The number of nitrogens with one attached hydrogen (secondary N) is 1. The van der Waals surface area contributed by atoms with Crippen LogP contribution in [0.1, 0.15) is 52.8 Å². The summed E-state index contributed by atoms with van der Waals surface area (Å²) in [5, 5.41) is 13.4. The number of aromatic nitrogens is 1. The molecule has 0 saturated heterocycles. The number of anilines is 1. The van der Waals surface area contributed by atoms with Crippen molar-refractivity contribution in [2.24, 2.45) is 0 Å². The first-order valence-corrected chi connectivity index (χ1v) is 7.57. The molecule has 0 aliphatic rings. The van der Waals surface area contributed by atoms with Gasteiger partial charge in [0.25, 0.3) is 0 Å². The second-order valence-electron chi connectivity index (χ2n) is 5.79. The highest BCUT2D eigenvalue weighted by Crippen LogP contribution is 2.20. The van der Waals surface area contributed by atoms with Crippen molar-refractivity contribution >= 4 is 5.69 Å². The molecule has 0 bridgehead atoms. The molecule has 4 heteroatoms. The molecule has 1 aromatic heterocycles. The van der Waals surface area contributed by atoms with Gasteiger partial charge in [-0.1, -0.05) is 13.8 Å². The van der Waals surface area contributed by atoms with E-state index in [0.29, 0.717) is 12.6 Å². The minimum absolute atomic E-state index is 0.318. The van der Waals surface area contributed by atoms with E-state index in [1.807, 2.05) is 20.0 Å². The van der Waals surface area contributed by atoms with Crippen LogP contribution in [0.25, 0.3) is 0 Å². The van der Waals surface area contributed by atoms with Crippen LogP contribution >= 0.6 is 0 Å². The van der Waals surface area contributed by atoms with Gasteiger partial charge in [0.2, 0.25) is 0 Å². The largest absolute Gasteiger partial charge is 0.389 e. The molecular weight excluding hydrogens is 250 g/mol. The third-order valence-corrected chi connectivity index (χ3v) is 3.31. The van der Waals surface area contributed by atoms with Gasteiger partial charge in [0.1, 0.15) is 0 Å². The van der Waals surface area contributed by atoms with E-state index in [0.717, 1.165) is 30.9 Å². The van der Waals surface area contributed by atoms with Gasteiger partial charge in [0, 0.05) is 19.1 Å². The second-order valence-corrected chi connectivity index (χ2v) is 5.79. The minimum Gasteiger partial charge on any atom is -0.389 e. The molecule has 0 saturated carbocycles. The molecule has 0 radical (unpaired) electrons. The number of hydrogen-bond donors (Lipinski definition) is 2. The van der Waals surface area contributed by atoms with Crippen molar-refractivity contribution in [3.05, 3.63) is 24.0 Å². The van der Waals surface area contributed by atoms with Crippen molar-refractivity contribution in [1.29, 1.82) is 0 Å². The summed E-state index contributed by atoms with van der Waals surface area (Å²) in [4.78, 5) is 6.73. The van der Waals surface area contributed by atoms with Gasteiger partial charge in [-0.05, 0) is 45.9 Å². The summed E-state index contributed by atoms with van der Waals surface area (Å²) in [7, 11) is 0. The molecule has 0 aromatic carbocycles. The normalized spacial score (nSPS) is 13.3. The topological polar surface area (TPSA) is 48.4 Å². The summed E-state index contributed by atoms with van der Waals surface area (Å²) in [6, 6.07) is 4.50. The third kappa shape index (κ3) is 5.10. The summed E-state index contributed by atoms with van der Waals surface area (Å²) in [6.07, 6.45) is 2.94. The highest BCUT2D eigenvalue weighted by atomic mass is 16.3. The van der Waals surface area contributed by atoms with Crippen molar-refractivity contribution in [3.8, 4) is 0 Å². The first-order chi connectivity index (χ1) is 9.41. The van der Waals surface area contributed by atoms with E-state index in [9.17, 15) is 5.11 Å². The predicted octanol–water partition coefficient (Wildman–Crippen LogP) is 2.74. The van der Waals surface area contributed by atoms with Crippen LogP contribution in [0.4, 0.5) is 5.69 Å². The van der Waals surface area contributed by atoms with Crippen LogP contribution in [0.2, 0.25) is 0 Å². The number of rotatable bonds is 8. The van der Waals surface area contributed by atoms with Crippen molar-refractivity contribution in [2.75, 3.05) is 24.5 Å². The zero-order chi connectivity index (χ0) is 15.2. The van der Waals surface area contributed by atoms with Gasteiger partial charge in [0.05, 0.1) is 23.2 Å². The lowest BCUT2D eigenvalue weighted by atomic mass is 10.1. The Morgan fingerprint density at radius 2 is 2.00 bits per heavy atom. The Balaban J connectivity index is 2.83. The predicted molar refractivity (Wildman–Crippen MR) is 85.1 cm³/mol. The molecule has 114 valence electrons. The SMILES string of the molecule is CCNC(CC)c1ccc(N(CC)CC(C)(C)O)cn1. The van der Waals surface area contributed by atoms with Crippen LogP contribution in [-0.2, 0) is 0 Å². The molecule has 1 heterocycles. The Kier molecular flexibility index (Phi) is 6.43. The lowest BCUT2D eigenvalue weighted by Gasteiger charge is -2.30. The molecule has 4 nitrogen and oxygen atoms in total. The monoisotopic (exact) mass is 279 g/mol. The molecule has 1 atom stereocenters. The van der Waals surface area contributed by atoms with Crippen molar-refractivity contribution in [1.82, 2.24) is 10.3 Å². The highest BCUT2D eigenvalue weighted by molar-refractivity contribution is 5.45. The minimum atomic E-state index is -0.704. The Labute approximate surface area is 123 Å². The van der Waals surface area contributed by atoms with Crippen LogP contribution in [0.3, 0.4) is 0 Å². The van der Waals surface area contributed by atoms with Crippen molar-refractivity contribution in [3.63, 3.8) is 0 Å². The molecule has 0 aliphatic carbocycles. The lowest BCUT2D eigenvalue weighted by molar-refractivity contribution is 0.0876. The van der Waals surface area contributed by atoms with Gasteiger partial charge in [0.15, 0.2) is 0 Å². The van der Waals surface area contributed by atoms with E-state index in [4.69, 9.17) is 0 Å². The molecule has 1 aromatic rings. The zero-order valence-electron chi connectivity index (χ0n) is 13.5. The zero-order valence-corrected chi connectivity index (χ0v) is 13.5. The Hall–Kier alpha value is -1.13. The smallest absolute Gasteiger partial charge is 0.0765 e. The van der Waals surface area contributed by atoms with E-state index >= 15 is 0 Å². The maximum absolute atomic E-state index is 9.96. The summed E-state index contributed by atoms with van der Waals surface area (Å²) < 4.78 is 0. The van der Waals surface area contributed by atoms with Crippen LogP contribution in [0, 0.1) is 0 Å². The molecular formula is C16H29N3O. The quantitative estimate of drug-likeness (QED) is 0.768. The standard InChI is InChI=1S/C16H29N3O/c1-6-14(17-7-2)15-10-9-13(11-18-15)19(8-3)12-16(4,5)20/h9-11,14,17,20H,6-8,12H2,1-5H3. The van der Waals surface area contributed by atoms with Gasteiger partial charge in [-0.3, -0.25) is 4.98 Å². The van der Waals surface area contributed by atoms with Crippen LogP contribution in [0.5, 0.6) is 0 Å².